The average Bonchev–Trinajstić information content (AvgIpc) is 2.70. The van der Waals surface area contributed by atoms with Crippen molar-refractivity contribution in [2.24, 2.45) is 0 Å². The third kappa shape index (κ3) is 5.89. The van der Waals surface area contributed by atoms with Crippen molar-refractivity contribution in [1.82, 2.24) is 15.5 Å². The molecule has 5 nitrogen and oxygen atoms in total. The van der Waals surface area contributed by atoms with Crippen molar-refractivity contribution in [3.05, 3.63) is 71.5 Å². The number of hydrogen-bond donors (Lipinski definition) is 2. The van der Waals surface area contributed by atoms with Crippen LogP contribution in [0.3, 0.4) is 0 Å². The zero-order valence-corrected chi connectivity index (χ0v) is 15.9. The third-order valence-electron chi connectivity index (χ3n) is 4.93. The normalized spacial score (nSPS) is 17.2. The molecule has 1 saturated heterocycles. The first-order chi connectivity index (χ1) is 13.6. The van der Waals surface area contributed by atoms with Gasteiger partial charge in [0.15, 0.2) is 0 Å². The molecular formula is C22H26FN3O2. The largest absolute Gasteiger partial charge is 0.356 e. The summed E-state index contributed by atoms with van der Waals surface area (Å²) in [6, 6.07) is 15.9. The zero-order valence-electron chi connectivity index (χ0n) is 15.9. The van der Waals surface area contributed by atoms with Gasteiger partial charge in [0.1, 0.15) is 5.82 Å². The number of amides is 2. The van der Waals surface area contributed by atoms with Crippen LogP contribution in [0.2, 0.25) is 0 Å². The Morgan fingerprint density at radius 3 is 2.61 bits per heavy atom. The molecule has 2 aromatic carbocycles. The lowest BCUT2D eigenvalue weighted by atomic mass is 10.1. The lowest BCUT2D eigenvalue weighted by Gasteiger charge is -2.34. The van der Waals surface area contributed by atoms with Gasteiger partial charge in [0.2, 0.25) is 11.8 Å². The Balaban J connectivity index is 1.48. The van der Waals surface area contributed by atoms with Crippen molar-refractivity contribution in [3.63, 3.8) is 0 Å². The van der Waals surface area contributed by atoms with Gasteiger partial charge >= 0.3 is 0 Å². The van der Waals surface area contributed by atoms with Crippen molar-refractivity contribution >= 4 is 11.8 Å². The Kier molecular flexibility index (Phi) is 7.14. The highest BCUT2D eigenvalue weighted by Crippen LogP contribution is 2.14. The molecule has 1 atom stereocenters. The number of hydrogen-bond acceptors (Lipinski definition) is 3. The Hall–Kier alpha value is -2.73. The van der Waals surface area contributed by atoms with Crippen LogP contribution in [0.4, 0.5) is 4.39 Å². The lowest BCUT2D eigenvalue weighted by molar-refractivity contribution is -0.134. The Morgan fingerprint density at radius 2 is 1.86 bits per heavy atom. The quantitative estimate of drug-likeness (QED) is 0.688. The van der Waals surface area contributed by atoms with Crippen LogP contribution < -0.4 is 10.6 Å². The number of carbonyl (C=O) groups is 2. The molecule has 0 radical (unpaired) electrons. The molecule has 1 unspecified atom stereocenters. The summed E-state index contributed by atoms with van der Waals surface area (Å²) in [6.07, 6.45) is 1.88. The van der Waals surface area contributed by atoms with Gasteiger partial charge in [-0.25, -0.2) is 4.39 Å². The summed E-state index contributed by atoms with van der Waals surface area (Å²) >= 11 is 0. The van der Waals surface area contributed by atoms with Crippen LogP contribution in [0, 0.1) is 5.82 Å². The maximum atomic E-state index is 13.1. The van der Waals surface area contributed by atoms with Crippen LogP contribution in [0.25, 0.3) is 0 Å². The summed E-state index contributed by atoms with van der Waals surface area (Å²) in [7, 11) is 0. The standard InChI is InChI=1S/C22H26FN3O2/c23-19-10-8-18(9-11-19)16-26-14-13-25-22(28)20(26)15-21(27)24-12-4-7-17-5-2-1-3-6-17/h1-3,5-6,8-11,20H,4,7,12-16H2,(H,24,27)(H,25,28). The van der Waals surface area contributed by atoms with E-state index in [0.717, 1.165) is 18.4 Å². The molecule has 0 aromatic heterocycles. The fourth-order valence-electron chi connectivity index (χ4n) is 3.41. The molecular weight excluding hydrogens is 357 g/mol. The van der Waals surface area contributed by atoms with E-state index in [-0.39, 0.29) is 24.1 Å². The number of carbonyl (C=O) groups excluding carboxylic acids is 2. The number of benzene rings is 2. The molecule has 0 bridgehead atoms. The second-order valence-corrected chi connectivity index (χ2v) is 7.05. The van der Waals surface area contributed by atoms with Gasteiger partial charge < -0.3 is 10.6 Å². The minimum Gasteiger partial charge on any atom is -0.356 e. The monoisotopic (exact) mass is 383 g/mol. The van der Waals surface area contributed by atoms with Gasteiger partial charge in [-0.2, -0.15) is 0 Å². The van der Waals surface area contributed by atoms with Crippen LogP contribution in [0.1, 0.15) is 24.0 Å². The fourth-order valence-corrected chi connectivity index (χ4v) is 3.41. The molecule has 1 heterocycles. The van der Waals surface area contributed by atoms with Crippen molar-refractivity contribution in [3.8, 4) is 0 Å². The van der Waals surface area contributed by atoms with Gasteiger partial charge in [-0.3, -0.25) is 14.5 Å². The summed E-state index contributed by atoms with van der Waals surface area (Å²) < 4.78 is 13.1. The molecule has 6 heteroatoms. The average molecular weight is 383 g/mol. The smallest absolute Gasteiger partial charge is 0.237 e. The minimum absolute atomic E-state index is 0.123. The first kappa shape index (κ1) is 20.0. The van der Waals surface area contributed by atoms with Crippen LogP contribution in [0.15, 0.2) is 54.6 Å². The lowest BCUT2D eigenvalue weighted by Crippen LogP contribution is -2.56. The maximum Gasteiger partial charge on any atom is 0.237 e. The van der Waals surface area contributed by atoms with Crippen LogP contribution in [0.5, 0.6) is 0 Å². The van der Waals surface area contributed by atoms with E-state index in [4.69, 9.17) is 0 Å². The highest BCUT2D eigenvalue weighted by Gasteiger charge is 2.31. The van der Waals surface area contributed by atoms with E-state index in [1.54, 1.807) is 12.1 Å². The highest BCUT2D eigenvalue weighted by atomic mass is 19.1. The van der Waals surface area contributed by atoms with E-state index in [1.165, 1.54) is 17.7 Å². The van der Waals surface area contributed by atoms with Crippen LogP contribution in [-0.4, -0.2) is 42.4 Å². The van der Waals surface area contributed by atoms with Crippen molar-refractivity contribution in [2.75, 3.05) is 19.6 Å². The molecule has 0 aliphatic carbocycles. The first-order valence-electron chi connectivity index (χ1n) is 9.68. The summed E-state index contributed by atoms with van der Waals surface area (Å²) in [6.45, 7) is 2.31. The summed E-state index contributed by atoms with van der Waals surface area (Å²) in [5, 5.41) is 5.75. The highest BCUT2D eigenvalue weighted by molar-refractivity contribution is 5.88. The molecule has 1 aliphatic heterocycles. The molecule has 1 aliphatic rings. The topological polar surface area (TPSA) is 61.4 Å². The third-order valence-corrected chi connectivity index (χ3v) is 4.93. The van der Waals surface area contributed by atoms with E-state index >= 15 is 0 Å². The second kappa shape index (κ2) is 9.99. The van der Waals surface area contributed by atoms with Crippen LogP contribution in [-0.2, 0) is 22.6 Å². The number of nitrogens with one attached hydrogen (secondary N) is 2. The van der Waals surface area contributed by atoms with E-state index < -0.39 is 6.04 Å². The molecule has 2 N–H and O–H groups in total. The predicted molar refractivity (Wildman–Crippen MR) is 106 cm³/mol. The van der Waals surface area contributed by atoms with E-state index in [1.807, 2.05) is 23.1 Å². The van der Waals surface area contributed by atoms with E-state index in [2.05, 4.69) is 22.8 Å². The number of piperazine rings is 1. The molecule has 0 saturated carbocycles. The van der Waals surface area contributed by atoms with Crippen LogP contribution >= 0.6 is 0 Å². The Morgan fingerprint density at radius 1 is 1.11 bits per heavy atom. The molecule has 148 valence electrons. The first-order valence-corrected chi connectivity index (χ1v) is 9.68. The van der Waals surface area contributed by atoms with Gasteiger partial charge in [0.05, 0.1) is 12.5 Å². The second-order valence-electron chi connectivity index (χ2n) is 7.05. The Labute approximate surface area is 164 Å². The molecule has 28 heavy (non-hydrogen) atoms. The Bertz CT molecular complexity index is 780. The van der Waals surface area contributed by atoms with E-state index in [0.29, 0.717) is 26.2 Å². The van der Waals surface area contributed by atoms with Crippen molar-refractivity contribution in [2.45, 2.75) is 31.8 Å². The maximum absolute atomic E-state index is 13.1. The minimum atomic E-state index is -0.507. The number of rotatable bonds is 8. The summed E-state index contributed by atoms with van der Waals surface area (Å²) in [5.41, 5.74) is 2.17. The van der Waals surface area contributed by atoms with Crippen molar-refractivity contribution in [1.29, 1.82) is 0 Å². The number of nitrogens with zero attached hydrogens (tertiary/aromatic N) is 1. The van der Waals surface area contributed by atoms with Gasteiger partial charge in [-0.05, 0) is 36.1 Å². The zero-order chi connectivity index (χ0) is 19.8. The molecule has 2 aromatic rings. The predicted octanol–water partition coefficient (Wildman–Crippen LogP) is 2.27. The number of halogens is 1. The number of aryl methyl sites for hydroxylation is 1. The molecule has 0 spiro atoms. The SMILES string of the molecule is O=C(CC1C(=O)NCCN1Cc1ccc(F)cc1)NCCCc1ccccc1. The summed E-state index contributed by atoms with van der Waals surface area (Å²) in [5.74, 6) is -0.543. The summed E-state index contributed by atoms with van der Waals surface area (Å²) in [4.78, 5) is 26.6. The van der Waals surface area contributed by atoms with Crippen molar-refractivity contribution < 1.29 is 14.0 Å². The molecule has 3 rings (SSSR count). The van der Waals surface area contributed by atoms with Gasteiger partial charge in [-0.15, -0.1) is 0 Å². The van der Waals surface area contributed by atoms with E-state index in [9.17, 15) is 14.0 Å². The van der Waals surface area contributed by atoms with Gasteiger partial charge in [-0.1, -0.05) is 42.5 Å². The molecule has 1 fully saturated rings. The fraction of sp³-hybridized carbons (Fsp3) is 0.364. The van der Waals surface area contributed by atoms with Gasteiger partial charge in [0.25, 0.3) is 0 Å². The molecule has 2 amide bonds. The van der Waals surface area contributed by atoms with Gasteiger partial charge in [0, 0.05) is 26.2 Å².